The van der Waals surface area contributed by atoms with Crippen LogP contribution in [0.15, 0.2) is 22.9 Å². The van der Waals surface area contributed by atoms with E-state index in [1.54, 1.807) is 12.4 Å². The number of aromatic nitrogens is 3. The highest BCUT2D eigenvalue weighted by atomic mass is 79.9. The molecule has 0 bridgehead atoms. The van der Waals surface area contributed by atoms with Crippen molar-refractivity contribution in [2.75, 3.05) is 5.73 Å². The van der Waals surface area contributed by atoms with Crippen LogP contribution in [0, 0.1) is 0 Å². The summed E-state index contributed by atoms with van der Waals surface area (Å²) in [5.41, 5.74) is 8.04. The number of nitrogens with zero attached hydrogens (tertiary/aromatic N) is 3. The zero-order valence-electron chi connectivity index (χ0n) is 12.4. The first-order chi connectivity index (χ1) is 9.34. The molecule has 0 aromatic carbocycles. The van der Waals surface area contributed by atoms with Crippen LogP contribution in [0.3, 0.4) is 0 Å². The van der Waals surface area contributed by atoms with E-state index in [1.807, 2.05) is 6.07 Å². The second-order valence-corrected chi connectivity index (χ2v) is 6.88. The number of pyridine rings is 1. The van der Waals surface area contributed by atoms with Gasteiger partial charge < -0.3 is 10.3 Å². The van der Waals surface area contributed by atoms with Crippen LogP contribution in [0.25, 0.3) is 11.3 Å². The van der Waals surface area contributed by atoms with E-state index in [0.717, 1.165) is 40.3 Å². The van der Waals surface area contributed by atoms with Gasteiger partial charge in [0.05, 0.1) is 0 Å². The van der Waals surface area contributed by atoms with E-state index in [-0.39, 0.29) is 5.41 Å². The summed E-state index contributed by atoms with van der Waals surface area (Å²) < 4.78 is 3.05. The van der Waals surface area contributed by atoms with Gasteiger partial charge in [-0.15, -0.1) is 0 Å². The van der Waals surface area contributed by atoms with Crippen LogP contribution >= 0.6 is 15.9 Å². The summed E-state index contributed by atoms with van der Waals surface area (Å²) in [7, 11) is 0. The van der Waals surface area contributed by atoms with E-state index in [0.29, 0.717) is 0 Å². The van der Waals surface area contributed by atoms with Crippen molar-refractivity contribution in [3.63, 3.8) is 0 Å². The fraction of sp³-hybridized carbons (Fsp3) is 0.467. The lowest BCUT2D eigenvalue weighted by Gasteiger charge is -2.19. The van der Waals surface area contributed by atoms with Crippen molar-refractivity contribution in [3.05, 3.63) is 28.8 Å². The van der Waals surface area contributed by atoms with Crippen LogP contribution in [0.4, 0.5) is 5.82 Å². The number of anilines is 1. The predicted octanol–water partition coefficient (Wildman–Crippen LogP) is 4.00. The van der Waals surface area contributed by atoms with Crippen LogP contribution in [0.1, 0.15) is 39.9 Å². The van der Waals surface area contributed by atoms with E-state index in [1.165, 1.54) is 0 Å². The Morgan fingerprint density at radius 1 is 1.30 bits per heavy atom. The van der Waals surface area contributed by atoms with Gasteiger partial charge in [0, 0.05) is 34.4 Å². The van der Waals surface area contributed by atoms with Crippen molar-refractivity contribution >= 4 is 21.7 Å². The van der Waals surface area contributed by atoms with Crippen LogP contribution in [0.5, 0.6) is 0 Å². The van der Waals surface area contributed by atoms with Gasteiger partial charge in [-0.1, -0.05) is 27.7 Å². The first kappa shape index (κ1) is 15.0. The Kier molecular flexibility index (Phi) is 4.18. The number of imidazole rings is 1. The monoisotopic (exact) mass is 336 g/mol. The Morgan fingerprint density at radius 2 is 2.00 bits per heavy atom. The lowest BCUT2D eigenvalue weighted by molar-refractivity contribution is 0.498. The van der Waals surface area contributed by atoms with Crippen LogP contribution in [-0.2, 0) is 12.0 Å². The van der Waals surface area contributed by atoms with Gasteiger partial charge in [-0.05, 0) is 28.4 Å². The van der Waals surface area contributed by atoms with Gasteiger partial charge in [0.15, 0.2) is 0 Å². The Balaban J connectivity index is 2.61. The molecule has 5 heteroatoms. The quantitative estimate of drug-likeness (QED) is 0.921. The summed E-state index contributed by atoms with van der Waals surface area (Å²) in [6, 6.07) is 1.99. The Morgan fingerprint density at radius 3 is 2.55 bits per heavy atom. The molecule has 0 aliphatic carbocycles. The smallest absolute Gasteiger partial charge is 0.131 e. The molecule has 0 amide bonds. The van der Waals surface area contributed by atoms with Crippen LogP contribution < -0.4 is 5.73 Å². The lowest BCUT2D eigenvalue weighted by atomic mass is 9.95. The standard InChI is InChI=1S/C15H21BrN4/c1-5-6-20-13(17)12(19-14(20)15(2,3)4)10-7-11(16)9-18-8-10/h7-9H,5-6,17H2,1-4H3. The number of hydrogen-bond donors (Lipinski definition) is 1. The molecular weight excluding hydrogens is 316 g/mol. The summed E-state index contributed by atoms with van der Waals surface area (Å²) in [6.45, 7) is 9.50. The molecule has 0 saturated carbocycles. The van der Waals surface area contributed by atoms with E-state index in [2.05, 4.69) is 53.2 Å². The minimum absolute atomic E-state index is 0.0407. The lowest BCUT2D eigenvalue weighted by Crippen LogP contribution is -2.19. The SMILES string of the molecule is CCCn1c(C(C)(C)C)nc(-c2cncc(Br)c2)c1N. The Bertz CT molecular complexity index is 611. The maximum Gasteiger partial charge on any atom is 0.131 e. The maximum atomic E-state index is 6.33. The molecule has 0 aliphatic rings. The fourth-order valence-electron chi connectivity index (χ4n) is 2.24. The zero-order chi connectivity index (χ0) is 14.9. The molecule has 0 fully saturated rings. The second-order valence-electron chi connectivity index (χ2n) is 5.96. The minimum atomic E-state index is -0.0407. The van der Waals surface area contributed by atoms with Crippen molar-refractivity contribution in [2.45, 2.75) is 46.1 Å². The minimum Gasteiger partial charge on any atom is -0.383 e. The third-order valence-corrected chi connectivity index (χ3v) is 3.54. The highest BCUT2D eigenvalue weighted by molar-refractivity contribution is 9.10. The topological polar surface area (TPSA) is 56.7 Å². The summed E-state index contributed by atoms with van der Waals surface area (Å²) in [5, 5.41) is 0. The van der Waals surface area contributed by atoms with Gasteiger partial charge in [0.1, 0.15) is 17.3 Å². The third-order valence-electron chi connectivity index (χ3n) is 3.10. The van der Waals surface area contributed by atoms with Gasteiger partial charge in [0.2, 0.25) is 0 Å². The summed E-state index contributed by atoms with van der Waals surface area (Å²) >= 11 is 3.44. The first-order valence-corrected chi connectivity index (χ1v) is 7.61. The largest absolute Gasteiger partial charge is 0.383 e. The molecule has 0 radical (unpaired) electrons. The van der Waals surface area contributed by atoms with E-state index < -0.39 is 0 Å². The maximum absolute atomic E-state index is 6.33. The summed E-state index contributed by atoms with van der Waals surface area (Å²) in [6.07, 6.45) is 4.58. The normalized spacial score (nSPS) is 11.8. The number of hydrogen-bond acceptors (Lipinski definition) is 3. The van der Waals surface area contributed by atoms with Gasteiger partial charge in [-0.3, -0.25) is 4.98 Å². The molecule has 0 spiro atoms. The molecule has 0 aliphatic heterocycles. The van der Waals surface area contributed by atoms with Crippen molar-refractivity contribution in [1.82, 2.24) is 14.5 Å². The number of halogens is 1. The van der Waals surface area contributed by atoms with Crippen molar-refractivity contribution in [1.29, 1.82) is 0 Å². The first-order valence-electron chi connectivity index (χ1n) is 6.82. The van der Waals surface area contributed by atoms with Crippen molar-refractivity contribution in [2.24, 2.45) is 0 Å². The summed E-state index contributed by atoms with van der Waals surface area (Å²) in [4.78, 5) is 8.99. The number of nitrogens with two attached hydrogens (primary N) is 1. The van der Waals surface area contributed by atoms with E-state index in [4.69, 9.17) is 10.7 Å². The number of rotatable bonds is 3. The van der Waals surface area contributed by atoms with E-state index in [9.17, 15) is 0 Å². The molecule has 0 unspecified atom stereocenters. The molecular formula is C15H21BrN4. The Labute approximate surface area is 128 Å². The molecule has 108 valence electrons. The average Bonchev–Trinajstić information content (AvgIpc) is 2.68. The van der Waals surface area contributed by atoms with Gasteiger partial charge in [-0.2, -0.15) is 0 Å². The van der Waals surface area contributed by atoms with Crippen molar-refractivity contribution < 1.29 is 0 Å². The molecule has 0 atom stereocenters. The van der Waals surface area contributed by atoms with Gasteiger partial charge >= 0.3 is 0 Å². The average molecular weight is 337 g/mol. The molecule has 2 aromatic heterocycles. The molecule has 2 aromatic rings. The molecule has 2 rings (SSSR count). The number of nitrogen functional groups attached to an aromatic ring is 1. The highest BCUT2D eigenvalue weighted by Crippen LogP contribution is 2.32. The predicted molar refractivity (Wildman–Crippen MR) is 86.6 cm³/mol. The van der Waals surface area contributed by atoms with Crippen molar-refractivity contribution in [3.8, 4) is 11.3 Å². The van der Waals surface area contributed by atoms with Gasteiger partial charge in [-0.25, -0.2) is 4.98 Å². The molecule has 4 nitrogen and oxygen atoms in total. The molecule has 2 heterocycles. The fourth-order valence-corrected chi connectivity index (χ4v) is 2.61. The van der Waals surface area contributed by atoms with Crippen LogP contribution in [-0.4, -0.2) is 14.5 Å². The van der Waals surface area contributed by atoms with Gasteiger partial charge in [0.25, 0.3) is 0 Å². The van der Waals surface area contributed by atoms with E-state index >= 15 is 0 Å². The highest BCUT2D eigenvalue weighted by Gasteiger charge is 2.25. The molecule has 20 heavy (non-hydrogen) atoms. The summed E-state index contributed by atoms with van der Waals surface area (Å²) in [5.74, 6) is 1.74. The molecule has 0 saturated heterocycles. The van der Waals surface area contributed by atoms with Crippen LogP contribution in [0.2, 0.25) is 0 Å². The zero-order valence-corrected chi connectivity index (χ0v) is 14.0. The Hall–Kier alpha value is -1.36. The third kappa shape index (κ3) is 2.87. The second kappa shape index (κ2) is 5.56. The molecule has 2 N–H and O–H groups in total.